The maximum Gasteiger partial charge on any atom is 0.417 e. The fraction of sp³-hybridized carbons (Fsp3) is 0.441. The third-order valence-corrected chi connectivity index (χ3v) is 8.35. The number of fused-ring (bicyclic) bond motifs is 2. The van der Waals surface area contributed by atoms with Gasteiger partial charge in [0.05, 0.1) is 24.2 Å². The van der Waals surface area contributed by atoms with Gasteiger partial charge < -0.3 is 19.7 Å². The molecule has 0 fully saturated rings. The Morgan fingerprint density at radius 3 is 2.33 bits per heavy atom. The third-order valence-electron chi connectivity index (χ3n) is 8.35. The highest BCUT2D eigenvalue weighted by Gasteiger charge is 2.38. The minimum atomic E-state index is -4.50. The van der Waals surface area contributed by atoms with Crippen LogP contribution in [0.15, 0.2) is 42.5 Å². The van der Waals surface area contributed by atoms with Gasteiger partial charge in [-0.2, -0.15) is 13.2 Å². The molecule has 0 radical (unpaired) electrons. The van der Waals surface area contributed by atoms with Crippen LogP contribution in [0.5, 0.6) is 11.5 Å². The zero-order valence-electron chi connectivity index (χ0n) is 24.4. The van der Waals surface area contributed by atoms with Gasteiger partial charge in [-0.05, 0) is 123 Å². The molecule has 1 aliphatic carbocycles. The smallest absolute Gasteiger partial charge is 0.417 e. The van der Waals surface area contributed by atoms with Crippen LogP contribution in [0.4, 0.5) is 13.2 Å². The van der Waals surface area contributed by atoms with Crippen LogP contribution >= 0.6 is 0 Å². The van der Waals surface area contributed by atoms with Gasteiger partial charge in [-0.15, -0.1) is 0 Å². The van der Waals surface area contributed by atoms with E-state index in [1.54, 1.807) is 32.0 Å². The number of aliphatic carboxylic acids is 1. The summed E-state index contributed by atoms with van der Waals surface area (Å²) in [5, 5.41) is 19.2. The van der Waals surface area contributed by atoms with E-state index in [0.717, 1.165) is 47.3 Å². The van der Waals surface area contributed by atoms with Gasteiger partial charge >= 0.3 is 12.1 Å². The van der Waals surface area contributed by atoms with E-state index in [1.807, 2.05) is 32.0 Å². The van der Waals surface area contributed by atoms with Crippen molar-refractivity contribution in [3.05, 3.63) is 81.4 Å². The minimum Gasteiger partial charge on any atom is -0.493 e. The van der Waals surface area contributed by atoms with Gasteiger partial charge in [0.15, 0.2) is 0 Å². The van der Waals surface area contributed by atoms with E-state index >= 15 is 0 Å². The van der Waals surface area contributed by atoms with Gasteiger partial charge in [0.25, 0.3) is 0 Å². The monoisotopic (exact) mass is 582 g/mol. The number of halogens is 3. The van der Waals surface area contributed by atoms with E-state index < -0.39 is 23.3 Å². The second kappa shape index (κ2) is 11.3. The van der Waals surface area contributed by atoms with Gasteiger partial charge in [-0.25, -0.2) is 0 Å². The maximum atomic E-state index is 14.4. The Labute approximate surface area is 244 Å². The fourth-order valence-electron chi connectivity index (χ4n) is 6.47. The SMILES string of the molecule is Cc1cc(OCC(C)(C)O)cc(C)c1-c1c(C(F)(F)F)ccc2c1CC[C@H]2CCc1ccc2c(c1)OC[C@H]2CC(=O)O. The normalized spacial score (nSPS) is 18.0. The van der Waals surface area contributed by atoms with E-state index in [0.29, 0.717) is 35.5 Å². The van der Waals surface area contributed by atoms with E-state index in [2.05, 4.69) is 0 Å². The standard InChI is InChI=1S/C34H37F3O5/c1-19-13-24(42-18-33(3,4)40)14-20(2)31(19)32-27-10-8-22(25(27)11-12-28(32)34(35,36)37)7-5-21-6-9-26-23(16-30(38)39)17-41-29(26)15-21/h6,9,11-15,22-23,40H,5,7-8,10,16-18H2,1-4H3,(H,38,39)/t22-,23-/m1/s1. The van der Waals surface area contributed by atoms with Gasteiger partial charge in [0.2, 0.25) is 0 Å². The summed E-state index contributed by atoms with van der Waals surface area (Å²) in [7, 11) is 0. The highest BCUT2D eigenvalue weighted by molar-refractivity contribution is 5.80. The Kier molecular flexibility index (Phi) is 8.05. The van der Waals surface area contributed by atoms with Gasteiger partial charge in [-0.3, -0.25) is 4.79 Å². The molecule has 8 heteroatoms. The number of aliphatic hydroxyl groups is 1. The molecule has 1 heterocycles. The van der Waals surface area contributed by atoms with Crippen LogP contribution in [0.1, 0.15) is 83.9 Å². The average molecular weight is 583 g/mol. The first-order valence-electron chi connectivity index (χ1n) is 14.4. The Morgan fingerprint density at radius 1 is 1.00 bits per heavy atom. The lowest BCUT2D eigenvalue weighted by molar-refractivity contribution is -0.138. The lowest BCUT2D eigenvalue weighted by Gasteiger charge is -2.23. The molecule has 3 aromatic rings. The number of carboxylic acid groups (broad SMARTS) is 1. The van der Waals surface area contributed by atoms with Crippen LogP contribution in [0.2, 0.25) is 0 Å². The van der Waals surface area contributed by atoms with E-state index in [1.165, 1.54) is 6.07 Å². The Balaban J connectivity index is 1.42. The highest BCUT2D eigenvalue weighted by Crippen LogP contribution is 2.49. The highest BCUT2D eigenvalue weighted by atomic mass is 19.4. The molecule has 0 bridgehead atoms. The summed E-state index contributed by atoms with van der Waals surface area (Å²) in [6.45, 7) is 7.31. The zero-order valence-corrected chi connectivity index (χ0v) is 24.4. The van der Waals surface area contributed by atoms with E-state index in [4.69, 9.17) is 14.6 Å². The summed E-state index contributed by atoms with van der Waals surface area (Å²) in [5.41, 5.74) is 4.31. The first-order valence-corrected chi connectivity index (χ1v) is 14.4. The number of benzene rings is 3. The summed E-state index contributed by atoms with van der Waals surface area (Å²) < 4.78 is 54.6. The molecule has 0 aromatic heterocycles. The van der Waals surface area contributed by atoms with Gasteiger partial charge in [-0.1, -0.05) is 18.2 Å². The summed E-state index contributed by atoms with van der Waals surface area (Å²) >= 11 is 0. The number of ether oxygens (including phenoxy) is 2. The number of rotatable bonds is 9. The van der Waals surface area contributed by atoms with Crippen LogP contribution in [0, 0.1) is 13.8 Å². The van der Waals surface area contributed by atoms with E-state index in [9.17, 15) is 23.1 Å². The van der Waals surface area contributed by atoms with E-state index in [-0.39, 0.29) is 30.4 Å². The molecule has 2 N–H and O–H groups in total. The number of alkyl halides is 3. The molecule has 2 atom stereocenters. The van der Waals surface area contributed by atoms with Crippen molar-refractivity contribution in [2.75, 3.05) is 13.2 Å². The molecule has 0 unspecified atom stereocenters. The lowest BCUT2D eigenvalue weighted by atomic mass is 9.85. The molecular weight excluding hydrogens is 545 g/mol. The predicted octanol–water partition coefficient (Wildman–Crippen LogP) is 7.75. The second-order valence-electron chi connectivity index (χ2n) is 12.3. The fourth-order valence-corrected chi connectivity index (χ4v) is 6.47. The first-order chi connectivity index (χ1) is 19.7. The molecule has 5 nitrogen and oxygen atoms in total. The van der Waals surface area contributed by atoms with Crippen molar-refractivity contribution in [2.45, 2.75) is 83.4 Å². The molecule has 42 heavy (non-hydrogen) atoms. The van der Waals surface area contributed by atoms with Crippen molar-refractivity contribution in [3.8, 4) is 22.6 Å². The summed E-state index contributed by atoms with van der Waals surface area (Å²) in [4.78, 5) is 11.2. The second-order valence-corrected chi connectivity index (χ2v) is 12.3. The molecule has 3 aromatic carbocycles. The van der Waals surface area contributed by atoms with Crippen molar-refractivity contribution in [2.24, 2.45) is 0 Å². The van der Waals surface area contributed by atoms with Gasteiger partial charge in [0, 0.05) is 11.5 Å². The molecular formula is C34H37F3O5. The molecule has 224 valence electrons. The molecule has 5 rings (SSSR count). The Hall–Kier alpha value is -3.52. The summed E-state index contributed by atoms with van der Waals surface area (Å²) in [5.74, 6) is 0.369. The van der Waals surface area contributed by atoms with Crippen LogP contribution < -0.4 is 9.47 Å². The number of carboxylic acids is 1. The topological polar surface area (TPSA) is 76.0 Å². The molecule has 0 saturated heterocycles. The van der Waals surface area contributed by atoms with Crippen molar-refractivity contribution >= 4 is 5.97 Å². The molecule has 1 aliphatic heterocycles. The van der Waals surface area contributed by atoms with Crippen molar-refractivity contribution in [3.63, 3.8) is 0 Å². The van der Waals surface area contributed by atoms with Crippen LogP contribution in [-0.2, 0) is 23.8 Å². The number of carbonyl (C=O) groups is 1. The average Bonchev–Trinajstić information content (AvgIpc) is 3.48. The zero-order chi connectivity index (χ0) is 30.4. The maximum absolute atomic E-state index is 14.4. The minimum absolute atomic E-state index is 0.0307. The largest absolute Gasteiger partial charge is 0.493 e. The molecule has 0 saturated carbocycles. The molecule has 0 spiro atoms. The van der Waals surface area contributed by atoms with Crippen molar-refractivity contribution in [1.29, 1.82) is 0 Å². The Bertz CT molecular complexity index is 1480. The summed E-state index contributed by atoms with van der Waals surface area (Å²) in [6.07, 6.45) is -1.60. The van der Waals surface area contributed by atoms with Crippen LogP contribution in [0.3, 0.4) is 0 Å². The number of aryl methyl sites for hydroxylation is 3. The van der Waals surface area contributed by atoms with Crippen molar-refractivity contribution < 1.29 is 37.7 Å². The summed E-state index contributed by atoms with van der Waals surface area (Å²) in [6, 6.07) is 12.3. The van der Waals surface area contributed by atoms with Crippen LogP contribution in [-0.4, -0.2) is 35.0 Å². The van der Waals surface area contributed by atoms with Crippen molar-refractivity contribution in [1.82, 2.24) is 0 Å². The van der Waals surface area contributed by atoms with Gasteiger partial charge in [0.1, 0.15) is 18.1 Å². The lowest BCUT2D eigenvalue weighted by Crippen LogP contribution is -2.27. The quantitative estimate of drug-likeness (QED) is 0.270. The Morgan fingerprint density at radius 2 is 1.69 bits per heavy atom. The molecule has 2 aliphatic rings. The molecule has 0 amide bonds. The van der Waals surface area contributed by atoms with Crippen LogP contribution in [0.25, 0.3) is 11.1 Å². The third kappa shape index (κ3) is 6.28. The first kappa shape index (κ1) is 30.0. The number of hydrogen-bond acceptors (Lipinski definition) is 4. The number of hydrogen-bond donors (Lipinski definition) is 2. The predicted molar refractivity (Wildman–Crippen MR) is 154 cm³/mol.